The molecule has 0 spiro atoms. The minimum absolute atomic E-state index is 0.110. The van der Waals surface area contributed by atoms with Gasteiger partial charge < -0.3 is 14.5 Å². The number of piperidine rings is 2. The van der Waals surface area contributed by atoms with Crippen LogP contribution in [0.2, 0.25) is 0 Å². The number of aryl methyl sites for hydroxylation is 2. The first kappa shape index (κ1) is 32.9. The summed E-state index contributed by atoms with van der Waals surface area (Å²) in [7, 11) is 0.0441. The molecule has 2 aromatic rings. The van der Waals surface area contributed by atoms with Crippen LogP contribution in [0.3, 0.4) is 0 Å². The molecule has 8 nitrogen and oxygen atoms in total. The zero-order chi connectivity index (χ0) is 31.5. The summed E-state index contributed by atoms with van der Waals surface area (Å²) in [4.78, 5) is 20.6. The molecule has 1 unspecified atom stereocenters. The second kappa shape index (κ2) is 13.8. The number of ether oxygens (including phenoxy) is 1. The number of halogens is 1. The van der Waals surface area contributed by atoms with Crippen LogP contribution >= 0.6 is 0 Å². The van der Waals surface area contributed by atoms with Crippen molar-refractivity contribution in [3.63, 3.8) is 0 Å². The van der Waals surface area contributed by atoms with E-state index in [2.05, 4.69) is 16.8 Å². The van der Waals surface area contributed by atoms with Crippen LogP contribution in [0.1, 0.15) is 68.1 Å². The van der Waals surface area contributed by atoms with Gasteiger partial charge in [-0.1, -0.05) is 18.6 Å². The molecule has 3 heterocycles. The van der Waals surface area contributed by atoms with Crippen LogP contribution in [0.5, 0.6) is 5.75 Å². The molecule has 3 fully saturated rings. The molecular formula is C34H49FN4O4S. The largest absolute Gasteiger partial charge is 0.497 e. The van der Waals surface area contributed by atoms with Crippen molar-refractivity contribution >= 4 is 15.9 Å². The highest BCUT2D eigenvalue weighted by molar-refractivity contribution is 7.89. The van der Waals surface area contributed by atoms with Crippen LogP contribution in [-0.4, -0.2) is 99.3 Å². The van der Waals surface area contributed by atoms with Crippen LogP contribution < -0.4 is 4.74 Å². The lowest BCUT2D eigenvalue weighted by molar-refractivity contribution is -0.134. The summed E-state index contributed by atoms with van der Waals surface area (Å²) in [5.74, 6) is 0.566. The number of nitrogens with zero attached hydrogens (tertiary/aromatic N) is 4. The highest BCUT2D eigenvalue weighted by Crippen LogP contribution is 2.40. The van der Waals surface area contributed by atoms with Gasteiger partial charge in [-0.3, -0.25) is 9.69 Å². The van der Waals surface area contributed by atoms with E-state index in [-0.39, 0.29) is 23.3 Å². The normalized spacial score (nSPS) is 22.2. The number of methoxy groups -OCH3 is 1. The number of rotatable bonds is 9. The predicted molar refractivity (Wildman–Crippen MR) is 171 cm³/mol. The number of carbonyl (C=O) groups is 1. The van der Waals surface area contributed by atoms with Gasteiger partial charge in [0.1, 0.15) is 11.6 Å². The Labute approximate surface area is 263 Å². The van der Waals surface area contributed by atoms with Crippen molar-refractivity contribution < 1.29 is 22.3 Å². The lowest BCUT2D eigenvalue weighted by atomic mass is 9.78. The average Bonchev–Trinajstić information content (AvgIpc) is 3.01. The number of amides is 1. The number of carbonyl (C=O) groups excluding carboxylic acids is 1. The number of hydrogen-bond donors (Lipinski definition) is 0. The van der Waals surface area contributed by atoms with Gasteiger partial charge >= 0.3 is 0 Å². The molecule has 1 amide bonds. The van der Waals surface area contributed by atoms with Crippen LogP contribution in [0.15, 0.2) is 41.3 Å². The molecule has 1 atom stereocenters. The highest BCUT2D eigenvalue weighted by atomic mass is 32.2. The summed E-state index contributed by atoms with van der Waals surface area (Å²) < 4.78 is 49.2. The first-order valence-corrected chi connectivity index (χ1v) is 17.6. The number of hydrogen-bond acceptors (Lipinski definition) is 6. The Morgan fingerprint density at radius 2 is 1.66 bits per heavy atom. The fraction of sp³-hybridized carbons (Fsp3) is 0.618. The minimum atomic E-state index is -3.68. The Hall–Kier alpha value is -2.53. The molecule has 2 aromatic carbocycles. The van der Waals surface area contributed by atoms with E-state index in [0.717, 1.165) is 63.8 Å². The monoisotopic (exact) mass is 628 g/mol. The van der Waals surface area contributed by atoms with E-state index in [1.807, 2.05) is 24.8 Å². The molecule has 0 N–H and O–H groups in total. The maximum absolute atomic E-state index is 14.3. The van der Waals surface area contributed by atoms with Gasteiger partial charge in [-0.05, 0) is 100 Å². The minimum Gasteiger partial charge on any atom is -0.497 e. The van der Waals surface area contributed by atoms with E-state index < -0.39 is 10.0 Å². The highest BCUT2D eigenvalue weighted by Gasteiger charge is 2.43. The van der Waals surface area contributed by atoms with Crippen LogP contribution in [0.4, 0.5) is 4.39 Å². The Bertz CT molecular complexity index is 1400. The smallest absolute Gasteiger partial charge is 0.243 e. The van der Waals surface area contributed by atoms with Gasteiger partial charge in [0.05, 0.1) is 12.0 Å². The SMILES string of the molecule is COc1cc(C)c(S(=O)(=O)N2CCCCC2CCCC(=O)N2CCC(c3cccc(F)c3)(N3CCN(C)CC3)CC2)c(C)c1. The molecule has 3 aliphatic heterocycles. The number of piperazine rings is 1. The van der Waals surface area contributed by atoms with E-state index in [4.69, 9.17) is 4.74 Å². The summed E-state index contributed by atoms with van der Waals surface area (Å²) in [5, 5.41) is 0. The number of likely N-dealkylation sites (tertiary alicyclic amines) is 1. The van der Waals surface area contributed by atoms with Gasteiger partial charge in [-0.15, -0.1) is 0 Å². The Kier molecular flexibility index (Phi) is 10.3. The topological polar surface area (TPSA) is 73.4 Å². The Balaban J connectivity index is 1.21. The van der Waals surface area contributed by atoms with Crippen molar-refractivity contribution in [3.8, 4) is 5.75 Å². The lowest BCUT2D eigenvalue weighted by Crippen LogP contribution is -2.59. The number of benzene rings is 2. The summed E-state index contributed by atoms with van der Waals surface area (Å²) in [6.07, 6.45) is 5.94. The van der Waals surface area contributed by atoms with Crippen LogP contribution in [-0.2, 0) is 20.4 Å². The van der Waals surface area contributed by atoms with Gasteiger partial charge in [0.2, 0.25) is 15.9 Å². The van der Waals surface area contributed by atoms with E-state index in [1.54, 1.807) is 35.7 Å². The van der Waals surface area contributed by atoms with Gasteiger partial charge in [0.25, 0.3) is 0 Å². The fourth-order valence-corrected chi connectivity index (χ4v) is 9.84. The molecule has 242 valence electrons. The van der Waals surface area contributed by atoms with E-state index in [9.17, 15) is 17.6 Å². The molecule has 0 aromatic heterocycles. The second-order valence-corrected chi connectivity index (χ2v) is 14.8. The second-order valence-electron chi connectivity index (χ2n) is 13.0. The Morgan fingerprint density at radius 1 is 0.977 bits per heavy atom. The first-order valence-electron chi connectivity index (χ1n) is 16.2. The van der Waals surface area contributed by atoms with Gasteiger partial charge in [-0.2, -0.15) is 4.31 Å². The molecule has 10 heteroatoms. The first-order chi connectivity index (χ1) is 21.0. The van der Waals surface area contributed by atoms with E-state index in [0.29, 0.717) is 60.7 Å². The van der Waals surface area contributed by atoms with Crippen LogP contribution in [0.25, 0.3) is 0 Å². The summed E-state index contributed by atoms with van der Waals surface area (Å²) in [6, 6.07) is 10.5. The third-order valence-corrected chi connectivity index (χ3v) is 12.4. The molecule has 5 rings (SSSR count). The van der Waals surface area contributed by atoms with E-state index in [1.165, 1.54) is 6.07 Å². The van der Waals surface area contributed by atoms with Crippen molar-refractivity contribution in [2.75, 3.05) is 60.0 Å². The molecule has 0 bridgehead atoms. The van der Waals surface area contributed by atoms with Crippen molar-refractivity contribution in [2.45, 2.75) is 81.7 Å². The number of likely N-dealkylation sites (N-methyl/N-ethyl adjacent to an activating group) is 1. The third kappa shape index (κ3) is 6.83. The fourth-order valence-electron chi connectivity index (χ4n) is 7.70. The lowest BCUT2D eigenvalue weighted by Gasteiger charge is -2.51. The molecule has 0 saturated carbocycles. The van der Waals surface area contributed by atoms with Gasteiger partial charge in [0, 0.05) is 63.8 Å². The standard InChI is InChI=1S/C34H49FN4O4S/c1-26-23-31(43-4)24-27(2)33(26)44(41,42)39-16-6-5-11-30(39)12-8-13-32(40)37-17-14-34(15-18-37,28-9-7-10-29(35)25-28)38-21-19-36(3)20-22-38/h7,9-10,23-25,30H,5-6,8,11-22H2,1-4H3. The maximum Gasteiger partial charge on any atom is 0.243 e. The maximum atomic E-state index is 14.3. The van der Waals surface area contributed by atoms with Crippen molar-refractivity contribution in [2.24, 2.45) is 0 Å². The molecule has 0 radical (unpaired) electrons. The molecule has 44 heavy (non-hydrogen) atoms. The third-order valence-electron chi connectivity index (χ3n) is 10.2. The molecule has 3 saturated heterocycles. The summed E-state index contributed by atoms with van der Waals surface area (Å²) >= 11 is 0. The quantitative estimate of drug-likeness (QED) is 0.392. The Morgan fingerprint density at radius 3 is 2.30 bits per heavy atom. The van der Waals surface area contributed by atoms with E-state index >= 15 is 0 Å². The summed E-state index contributed by atoms with van der Waals surface area (Å²) in [6.45, 7) is 9.25. The molecule has 0 aliphatic carbocycles. The zero-order valence-corrected chi connectivity index (χ0v) is 27.7. The van der Waals surface area contributed by atoms with Gasteiger partial charge in [-0.25, -0.2) is 12.8 Å². The van der Waals surface area contributed by atoms with Gasteiger partial charge in [0.15, 0.2) is 0 Å². The predicted octanol–water partition coefficient (Wildman–Crippen LogP) is 4.93. The average molecular weight is 629 g/mol. The summed E-state index contributed by atoms with van der Waals surface area (Å²) in [5.41, 5.74) is 2.12. The molecular weight excluding hydrogens is 579 g/mol. The zero-order valence-electron chi connectivity index (χ0n) is 26.9. The van der Waals surface area contributed by atoms with Crippen molar-refractivity contribution in [1.82, 2.24) is 19.0 Å². The number of sulfonamides is 1. The van der Waals surface area contributed by atoms with Crippen LogP contribution in [0, 0.1) is 19.7 Å². The van der Waals surface area contributed by atoms with Crippen molar-refractivity contribution in [3.05, 3.63) is 58.9 Å². The molecule has 3 aliphatic rings. The van der Waals surface area contributed by atoms with Crippen molar-refractivity contribution in [1.29, 1.82) is 0 Å².